The summed E-state index contributed by atoms with van der Waals surface area (Å²) in [5.74, 6) is 1.48. The Morgan fingerprint density at radius 1 is 1.22 bits per heavy atom. The number of nitrogens with zero attached hydrogens (tertiary/aromatic N) is 1. The number of ether oxygens (including phenoxy) is 2. The second-order valence-corrected chi connectivity index (χ2v) is 6.86. The lowest BCUT2D eigenvalue weighted by molar-refractivity contribution is -0.0180. The van der Waals surface area contributed by atoms with E-state index in [1.165, 1.54) is 38.8 Å². The van der Waals surface area contributed by atoms with Gasteiger partial charge in [-0.05, 0) is 62.5 Å². The van der Waals surface area contributed by atoms with Crippen LogP contribution >= 0.6 is 11.6 Å². The largest absolute Gasteiger partial charge is 0.494 e. The first-order valence-corrected chi connectivity index (χ1v) is 9.24. The van der Waals surface area contributed by atoms with E-state index in [0.29, 0.717) is 12.0 Å². The minimum Gasteiger partial charge on any atom is -0.494 e. The SMILES string of the molecule is CCCCCN1CC[C@H](CCOc2ccc(Cl)cc2)[C@@H](OC)C1. The first kappa shape index (κ1) is 18.6. The van der Waals surface area contributed by atoms with E-state index in [1.54, 1.807) is 0 Å². The molecule has 0 radical (unpaired) electrons. The van der Waals surface area contributed by atoms with Crippen LogP contribution in [0.4, 0.5) is 0 Å². The summed E-state index contributed by atoms with van der Waals surface area (Å²) in [4.78, 5) is 2.56. The van der Waals surface area contributed by atoms with Gasteiger partial charge in [0.15, 0.2) is 0 Å². The van der Waals surface area contributed by atoms with Crippen LogP contribution in [0.25, 0.3) is 0 Å². The lowest BCUT2D eigenvalue weighted by atomic mass is 9.91. The van der Waals surface area contributed by atoms with Crippen molar-refractivity contribution in [3.63, 3.8) is 0 Å². The Hall–Kier alpha value is -0.770. The summed E-state index contributed by atoms with van der Waals surface area (Å²) in [6.07, 6.45) is 6.49. The van der Waals surface area contributed by atoms with Gasteiger partial charge in [0, 0.05) is 18.7 Å². The number of hydrogen-bond acceptors (Lipinski definition) is 3. The highest BCUT2D eigenvalue weighted by Gasteiger charge is 2.28. The van der Waals surface area contributed by atoms with E-state index in [-0.39, 0.29) is 0 Å². The van der Waals surface area contributed by atoms with Gasteiger partial charge in [-0.1, -0.05) is 31.4 Å². The molecule has 23 heavy (non-hydrogen) atoms. The van der Waals surface area contributed by atoms with E-state index in [2.05, 4.69) is 11.8 Å². The highest BCUT2D eigenvalue weighted by Crippen LogP contribution is 2.24. The summed E-state index contributed by atoms with van der Waals surface area (Å²) in [6.45, 7) is 6.45. The molecule has 0 spiro atoms. The smallest absolute Gasteiger partial charge is 0.119 e. The van der Waals surface area contributed by atoms with Crippen molar-refractivity contribution in [2.24, 2.45) is 5.92 Å². The third-order valence-electron chi connectivity index (χ3n) is 4.73. The summed E-state index contributed by atoms with van der Waals surface area (Å²) in [7, 11) is 1.84. The number of hydrogen-bond donors (Lipinski definition) is 0. The molecule has 3 nitrogen and oxygen atoms in total. The first-order chi connectivity index (χ1) is 11.2. The van der Waals surface area contributed by atoms with Crippen LogP contribution in [0.1, 0.15) is 39.0 Å². The molecule has 0 aliphatic carbocycles. The average Bonchev–Trinajstić information content (AvgIpc) is 2.58. The molecule has 2 rings (SSSR count). The molecule has 0 aromatic heterocycles. The molecule has 1 aromatic rings. The molecule has 1 saturated heterocycles. The lowest BCUT2D eigenvalue weighted by Gasteiger charge is -2.37. The molecule has 130 valence electrons. The Morgan fingerprint density at radius 3 is 2.70 bits per heavy atom. The van der Waals surface area contributed by atoms with E-state index in [9.17, 15) is 0 Å². The predicted molar refractivity (Wildman–Crippen MR) is 96.4 cm³/mol. The molecule has 1 heterocycles. The van der Waals surface area contributed by atoms with Gasteiger partial charge in [0.1, 0.15) is 5.75 Å². The third kappa shape index (κ3) is 6.33. The number of benzene rings is 1. The van der Waals surface area contributed by atoms with Crippen molar-refractivity contribution in [1.29, 1.82) is 0 Å². The van der Waals surface area contributed by atoms with E-state index in [1.807, 2.05) is 31.4 Å². The number of rotatable bonds is 9. The fourth-order valence-corrected chi connectivity index (χ4v) is 3.40. The molecule has 1 aromatic carbocycles. The number of unbranched alkanes of at least 4 members (excludes halogenated alkanes) is 2. The van der Waals surface area contributed by atoms with Crippen molar-refractivity contribution in [3.05, 3.63) is 29.3 Å². The average molecular weight is 340 g/mol. The molecular formula is C19H30ClNO2. The highest BCUT2D eigenvalue weighted by atomic mass is 35.5. The number of piperidine rings is 1. The number of halogens is 1. The summed E-state index contributed by atoms with van der Waals surface area (Å²) in [6, 6.07) is 7.58. The fourth-order valence-electron chi connectivity index (χ4n) is 3.27. The zero-order valence-electron chi connectivity index (χ0n) is 14.5. The Balaban J connectivity index is 1.71. The van der Waals surface area contributed by atoms with Crippen LogP contribution in [-0.4, -0.2) is 44.4 Å². The second-order valence-electron chi connectivity index (χ2n) is 6.42. The molecule has 0 bridgehead atoms. The van der Waals surface area contributed by atoms with Gasteiger partial charge in [-0.3, -0.25) is 0 Å². The third-order valence-corrected chi connectivity index (χ3v) is 4.98. The zero-order chi connectivity index (χ0) is 16.5. The Morgan fingerprint density at radius 2 is 2.00 bits per heavy atom. The molecule has 1 aliphatic rings. The van der Waals surface area contributed by atoms with Crippen LogP contribution in [0.2, 0.25) is 5.02 Å². The Bertz CT molecular complexity index is 438. The minimum absolute atomic E-state index is 0.333. The predicted octanol–water partition coefficient (Wildman–Crippen LogP) is 4.64. The van der Waals surface area contributed by atoms with Gasteiger partial charge in [-0.2, -0.15) is 0 Å². The maximum atomic E-state index is 5.89. The van der Waals surface area contributed by atoms with Crippen molar-refractivity contribution in [3.8, 4) is 5.75 Å². The van der Waals surface area contributed by atoms with Gasteiger partial charge >= 0.3 is 0 Å². The van der Waals surface area contributed by atoms with Crippen LogP contribution in [0, 0.1) is 5.92 Å². The van der Waals surface area contributed by atoms with Crippen molar-refractivity contribution in [2.45, 2.75) is 45.1 Å². The Labute approximate surface area is 145 Å². The summed E-state index contributed by atoms with van der Waals surface area (Å²) >= 11 is 5.89. The van der Waals surface area contributed by atoms with Crippen LogP contribution in [-0.2, 0) is 4.74 Å². The molecular weight excluding hydrogens is 310 g/mol. The van der Waals surface area contributed by atoms with E-state index < -0.39 is 0 Å². The van der Waals surface area contributed by atoms with Crippen LogP contribution in [0.3, 0.4) is 0 Å². The van der Waals surface area contributed by atoms with Crippen LogP contribution in [0.5, 0.6) is 5.75 Å². The second kappa shape index (κ2) is 10.2. The summed E-state index contributed by atoms with van der Waals surface area (Å²) in [5.41, 5.74) is 0. The fraction of sp³-hybridized carbons (Fsp3) is 0.684. The minimum atomic E-state index is 0.333. The van der Waals surface area contributed by atoms with Gasteiger partial charge in [0.25, 0.3) is 0 Å². The van der Waals surface area contributed by atoms with E-state index in [4.69, 9.17) is 21.1 Å². The molecule has 2 atom stereocenters. The zero-order valence-corrected chi connectivity index (χ0v) is 15.2. The molecule has 0 N–H and O–H groups in total. The van der Waals surface area contributed by atoms with Crippen LogP contribution < -0.4 is 4.74 Å². The van der Waals surface area contributed by atoms with E-state index >= 15 is 0 Å². The molecule has 1 fully saturated rings. The molecule has 0 unspecified atom stereocenters. The lowest BCUT2D eigenvalue weighted by Crippen LogP contribution is -2.45. The monoisotopic (exact) mass is 339 g/mol. The first-order valence-electron chi connectivity index (χ1n) is 8.86. The highest BCUT2D eigenvalue weighted by molar-refractivity contribution is 6.30. The molecule has 1 aliphatic heterocycles. The quantitative estimate of drug-likeness (QED) is 0.612. The normalized spacial score (nSPS) is 22.2. The number of likely N-dealkylation sites (tertiary alicyclic amines) is 1. The molecule has 0 saturated carbocycles. The molecule has 0 amide bonds. The Kier molecular flexibility index (Phi) is 8.21. The van der Waals surface area contributed by atoms with Gasteiger partial charge in [-0.25, -0.2) is 0 Å². The van der Waals surface area contributed by atoms with Crippen molar-refractivity contribution in [2.75, 3.05) is 33.4 Å². The standard InChI is InChI=1S/C19H30ClNO2/c1-3-4-5-12-21-13-10-16(19(15-21)22-2)11-14-23-18-8-6-17(20)7-9-18/h6-9,16,19H,3-5,10-15H2,1-2H3/t16-,19+/m1/s1. The van der Waals surface area contributed by atoms with Crippen LogP contribution in [0.15, 0.2) is 24.3 Å². The topological polar surface area (TPSA) is 21.7 Å². The van der Waals surface area contributed by atoms with Crippen molar-refractivity contribution >= 4 is 11.6 Å². The summed E-state index contributed by atoms with van der Waals surface area (Å²) < 4.78 is 11.6. The molecule has 4 heteroatoms. The maximum Gasteiger partial charge on any atom is 0.119 e. The number of methoxy groups -OCH3 is 1. The van der Waals surface area contributed by atoms with Gasteiger partial charge in [0.2, 0.25) is 0 Å². The van der Waals surface area contributed by atoms with Gasteiger partial charge < -0.3 is 14.4 Å². The van der Waals surface area contributed by atoms with Crippen molar-refractivity contribution < 1.29 is 9.47 Å². The van der Waals surface area contributed by atoms with Crippen molar-refractivity contribution in [1.82, 2.24) is 4.90 Å². The van der Waals surface area contributed by atoms with Gasteiger partial charge in [-0.15, -0.1) is 0 Å². The van der Waals surface area contributed by atoms with E-state index in [0.717, 1.165) is 30.3 Å². The summed E-state index contributed by atoms with van der Waals surface area (Å²) in [5, 5.41) is 0.743. The maximum absolute atomic E-state index is 5.89. The van der Waals surface area contributed by atoms with Gasteiger partial charge in [0.05, 0.1) is 12.7 Å².